The van der Waals surface area contributed by atoms with Gasteiger partial charge in [0, 0.05) is 5.39 Å². The van der Waals surface area contributed by atoms with E-state index in [1.807, 2.05) is 30.5 Å². The Bertz CT molecular complexity index is 949. The predicted molar refractivity (Wildman–Crippen MR) is 100 cm³/mol. The number of hydrogen-bond acceptors (Lipinski definition) is 2. The lowest BCUT2D eigenvalue weighted by molar-refractivity contribution is 1.22. The molecule has 23 heavy (non-hydrogen) atoms. The normalized spacial score (nSPS) is 11.4. The van der Waals surface area contributed by atoms with Crippen LogP contribution in [0, 0.1) is 6.92 Å². The van der Waals surface area contributed by atoms with Gasteiger partial charge in [0.2, 0.25) is 0 Å². The second-order valence-corrected chi connectivity index (χ2v) is 5.58. The van der Waals surface area contributed by atoms with Gasteiger partial charge in [0.1, 0.15) is 0 Å². The van der Waals surface area contributed by atoms with Crippen molar-refractivity contribution < 1.29 is 0 Å². The Morgan fingerprint density at radius 1 is 1.17 bits per heavy atom. The summed E-state index contributed by atoms with van der Waals surface area (Å²) in [5, 5.41) is 2.27. The van der Waals surface area contributed by atoms with E-state index in [-0.39, 0.29) is 0 Å². The van der Waals surface area contributed by atoms with Gasteiger partial charge < -0.3 is 0 Å². The minimum absolute atomic E-state index is 0.815. The summed E-state index contributed by atoms with van der Waals surface area (Å²) in [6.07, 6.45) is 8.77. The van der Waals surface area contributed by atoms with Crippen molar-refractivity contribution in [2.45, 2.75) is 20.3 Å². The Kier molecular flexibility index (Phi) is 4.07. The summed E-state index contributed by atoms with van der Waals surface area (Å²) >= 11 is 0. The van der Waals surface area contributed by atoms with Crippen LogP contribution in [0.1, 0.15) is 30.2 Å². The molecule has 0 aliphatic heterocycles. The Morgan fingerprint density at radius 3 is 2.61 bits per heavy atom. The molecule has 0 saturated carbocycles. The summed E-state index contributed by atoms with van der Waals surface area (Å²) in [5.41, 5.74) is 5.77. The van der Waals surface area contributed by atoms with E-state index >= 15 is 0 Å². The number of fused-ring (bicyclic) bond motifs is 3. The second kappa shape index (κ2) is 6.17. The molecular formula is C21H20N2. The highest BCUT2D eigenvalue weighted by molar-refractivity contribution is 6.09. The van der Waals surface area contributed by atoms with E-state index < -0.39 is 0 Å². The molecule has 114 valence electrons. The summed E-state index contributed by atoms with van der Waals surface area (Å²) in [6.45, 7) is 12.2. The summed E-state index contributed by atoms with van der Waals surface area (Å²) in [7, 11) is 0. The van der Waals surface area contributed by atoms with Crippen LogP contribution in [-0.2, 0) is 0 Å². The molecule has 0 amide bonds. The fourth-order valence-electron chi connectivity index (χ4n) is 2.86. The fourth-order valence-corrected chi connectivity index (χ4v) is 2.86. The molecule has 0 aliphatic rings. The van der Waals surface area contributed by atoms with Crippen LogP contribution in [0.5, 0.6) is 0 Å². The van der Waals surface area contributed by atoms with Crippen LogP contribution >= 0.6 is 0 Å². The highest BCUT2D eigenvalue weighted by Crippen LogP contribution is 2.31. The summed E-state index contributed by atoms with van der Waals surface area (Å²) in [4.78, 5) is 9.51. The van der Waals surface area contributed by atoms with E-state index in [1.54, 1.807) is 0 Å². The van der Waals surface area contributed by atoms with Crippen molar-refractivity contribution in [1.29, 1.82) is 0 Å². The van der Waals surface area contributed by atoms with E-state index in [4.69, 9.17) is 4.98 Å². The second-order valence-electron chi connectivity index (χ2n) is 5.58. The smallest absolute Gasteiger partial charge is 0.0968 e. The van der Waals surface area contributed by atoms with Crippen molar-refractivity contribution >= 4 is 33.5 Å². The van der Waals surface area contributed by atoms with Crippen LogP contribution in [0.4, 0.5) is 0 Å². The molecule has 0 unspecified atom stereocenters. The van der Waals surface area contributed by atoms with Crippen molar-refractivity contribution in [3.8, 4) is 0 Å². The third kappa shape index (κ3) is 2.57. The van der Waals surface area contributed by atoms with Gasteiger partial charge in [-0.2, -0.15) is 0 Å². The summed E-state index contributed by atoms with van der Waals surface area (Å²) < 4.78 is 0. The lowest BCUT2D eigenvalue weighted by Gasteiger charge is -2.12. The Hall–Kier alpha value is -2.74. The van der Waals surface area contributed by atoms with Gasteiger partial charge in [-0.05, 0) is 35.4 Å². The largest absolute Gasteiger partial charge is 0.252 e. The van der Waals surface area contributed by atoms with Gasteiger partial charge in [-0.25, -0.2) is 4.98 Å². The molecule has 0 atom stereocenters. The van der Waals surface area contributed by atoms with Crippen molar-refractivity contribution in [3.05, 3.63) is 72.6 Å². The minimum atomic E-state index is 0.815. The first-order valence-corrected chi connectivity index (χ1v) is 7.83. The van der Waals surface area contributed by atoms with E-state index in [0.29, 0.717) is 0 Å². The average molecular weight is 300 g/mol. The first kappa shape index (κ1) is 15.2. The Morgan fingerprint density at radius 2 is 1.91 bits per heavy atom. The molecule has 1 aromatic heterocycles. The zero-order valence-corrected chi connectivity index (χ0v) is 13.6. The van der Waals surface area contributed by atoms with Gasteiger partial charge >= 0.3 is 0 Å². The molecule has 0 radical (unpaired) electrons. The first-order chi connectivity index (χ1) is 11.2. The number of allylic oxidation sites excluding steroid dienone is 3. The Balaban J connectivity index is 2.33. The molecule has 2 heteroatoms. The Labute approximate surface area is 136 Å². The number of aromatic nitrogens is 2. The van der Waals surface area contributed by atoms with E-state index in [2.05, 4.69) is 50.2 Å². The number of rotatable bonds is 4. The van der Waals surface area contributed by atoms with Gasteiger partial charge in [-0.15, -0.1) is 0 Å². The molecule has 2 nitrogen and oxygen atoms in total. The van der Waals surface area contributed by atoms with Crippen LogP contribution in [0.2, 0.25) is 0 Å². The zero-order valence-electron chi connectivity index (χ0n) is 13.6. The molecule has 0 aliphatic carbocycles. The lowest BCUT2D eigenvalue weighted by atomic mass is 9.97. The maximum atomic E-state index is 4.83. The van der Waals surface area contributed by atoms with Crippen LogP contribution in [-0.4, -0.2) is 9.97 Å². The molecule has 0 N–H and O–H groups in total. The monoisotopic (exact) mass is 300 g/mol. The average Bonchev–Trinajstić information content (AvgIpc) is 2.60. The summed E-state index contributed by atoms with van der Waals surface area (Å²) in [5.74, 6) is 0. The third-order valence-corrected chi connectivity index (χ3v) is 4.09. The van der Waals surface area contributed by atoms with Crippen LogP contribution in [0.25, 0.3) is 33.5 Å². The highest BCUT2D eigenvalue weighted by Gasteiger charge is 2.12. The fraction of sp³-hybridized carbons (Fsp3) is 0.143. The van der Waals surface area contributed by atoms with E-state index in [9.17, 15) is 0 Å². The van der Waals surface area contributed by atoms with Crippen LogP contribution in [0.15, 0.2) is 55.8 Å². The predicted octanol–water partition coefficient (Wildman–Crippen LogP) is 5.71. The zero-order chi connectivity index (χ0) is 16.4. The van der Waals surface area contributed by atoms with Crippen molar-refractivity contribution in [2.24, 2.45) is 0 Å². The standard InChI is InChI=1S/C21H20N2/c1-5-7-10-14(3)19-13-22-21-18-12-9-8-11-17(18)16(6-2)15(4)20(21)23-19/h6-13H,2-3,5H2,1,4H3. The molecule has 0 spiro atoms. The van der Waals surface area contributed by atoms with Gasteiger partial charge in [0.25, 0.3) is 0 Å². The SMILES string of the molecule is C=Cc1c(C)c2nc(C(=C)C=CCC)cnc2c2ccccc12. The van der Waals surface area contributed by atoms with Crippen LogP contribution < -0.4 is 0 Å². The van der Waals surface area contributed by atoms with Gasteiger partial charge in [-0.3, -0.25) is 4.98 Å². The molecule has 1 heterocycles. The van der Waals surface area contributed by atoms with Gasteiger partial charge in [0.05, 0.1) is 22.9 Å². The van der Waals surface area contributed by atoms with Crippen molar-refractivity contribution in [1.82, 2.24) is 9.97 Å². The molecule has 0 bridgehead atoms. The topological polar surface area (TPSA) is 25.8 Å². The van der Waals surface area contributed by atoms with Gasteiger partial charge in [0.15, 0.2) is 0 Å². The van der Waals surface area contributed by atoms with Crippen LogP contribution in [0.3, 0.4) is 0 Å². The van der Waals surface area contributed by atoms with Crippen molar-refractivity contribution in [2.75, 3.05) is 0 Å². The molecule has 3 aromatic rings. The third-order valence-electron chi connectivity index (χ3n) is 4.09. The maximum Gasteiger partial charge on any atom is 0.0968 e. The molecule has 0 saturated heterocycles. The molecular weight excluding hydrogens is 280 g/mol. The van der Waals surface area contributed by atoms with Crippen molar-refractivity contribution in [3.63, 3.8) is 0 Å². The number of benzene rings is 2. The first-order valence-electron chi connectivity index (χ1n) is 7.83. The van der Waals surface area contributed by atoms with E-state index in [1.165, 1.54) is 5.39 Å². The minimum Gasteiger partial charge on any atom is -0.252 e. The van der Waals surface area contributed by atoms with Gasteiger partial charge in [-0.1, -0.05) is 62.6 Å². The van der Waals surface area contributed by atoms with E-state index in [0.717, 1.165) is 45.2 Å². The maximum absolute atomic E-state index is 4.83. The summed E-state index contributed by atoms with van der Waals surface area (Å²) in [6, 6.07) is 8.27. The number of aryl methyl sites for hydroxylation is 1. The molecule has 0 fully saturated rings. The lowest BCUT2D eigenvalue weighted by Crippen LogP contribution is -1.96. The number of nitrogens with zero attached hydrogens (tertiary/aromatic N) is 2. The quantitative estimate of drug-likeness (QED) is 0.455. The highest BCUT2D eigenvalue weighted by atomic mass is 14.8. The molecule has 3 rings (SSSR count). The number of hydrogen-bond donors (Lipinski definition) is 0. The molecule has 2 aromatic carbocycles.